The van der Waals surface area contributed by atoms with Crippen LogP contribution in [0.15, 0.2) is 52.2 Å². The Balaban J connectivity index is 1.78. The highest BCUT2D eigenvalue weighted by Gasteiger charge is 2.21. The van der Waals surface area contributed by atoms with Gasteiger partial charge in [-0.1, -0.05) is 29.3 Å². The fraction of sp³-hybridized carbons (Fsp3) is 0.0625. The number of nitrogens with zero attached hydrogens (tertiary/aromatic N) is 1. The van der Waals surface area contributed by atoms with Crippen LogP contribution in [0.5, 0.6) is 0 Å². The van der Waals surface area contributed by atoms with Gasteiger partial charge >= 0.3 is 0 Å². The summed E-state index contributed by atoms with van der Waals surface area (Å²) in [6, 6.07) is 10.3. The van der Waals surface area contributed by atoms with Crippen LogP contribution in [0.1, 0.15) is 5.69 Å². The molecule has 5 nitrogen and oxygen atoms in total. The number of halogens is 2. The highest BCUT2D eigenvalue weighted by Crippen LogP contribution is 2.28. The zero-order valence-electron chi connectivity index (χ0n) is 11.8. The molecule has 2 aromatic carbocycles. The van der Waals surface area contributed by atoms with E-state index in [0.29, 0.717) is 22.3 Å². The average Bonchev–Trinajstić information content (AvgIpc) is 2.57. The van der Waals surface area contributed by atoms with Crippen molar-refractivity contribution in [2.75, 3.05) is 10.6 Å². The third-order valence-electron chi connectivity index (χ3n) is 3.27. The Kier molecular flexibility index (Phi) is 4.32. The van der Waals surface area contributed by atoms with E-state index in [-0.39, 0.29) is 11.4 Å². The van der Waals surface area contributed by atoms with E-state index in [0.717, 1.165) is 5.69 Å². The fourth-order valence-corrected chi connectivity index (χ4v) is 2.38. The molecule has 3 rings (SSSR count). The predicted molar refractivity (Wildman–Crippen MR) is 92.7 cm³/mol. The summed E-state index contributed by atoms with van der Waals surface area (Å²) in [5.41, 5.74) is 0.674. The molecule has 3 aromatic rings. The van der Waals surface area contributed by atoms with E-state index in [1.165, 1.54) is 0 Å². The van der Waals surface area contributed by atoms with Crippen molar-refractivity contribution >= 4 is 40.3 Å². The Bertz CT molecular complexity index is 919. The quantitative estimate of drug-likeness (QED) is 0.692. The Morgan fingerprint density at radius 1 is 0.957 bits per heavy atom. The van der Waals surface area contributed by atoms with Crippen molar-refractivity contribution in [1.29, 1.82) is 0 Å². The van der Waals surface area contributed by atoms with Crippen molar-refractivity contribution in [2.45, 2.75) is 6.54 Å². The van der Waals surface area contributed by atoms with Crippen molar-refractivity contribution in [3.63, 3.8) is 0 Å². The van der Waals surface area contributed by atoms with Crippen molar-refractivity contribution in [1.82, 2.24) is 4.98 Å². The van der Waals surface area contributed by atoms with Gasteiger partial charge in [-0.15, -0.1) is 0 Å². The smallest absolute Gasteiger partial charge is 0.253 e. The molecule has 1 aromatic heterocycles. The van der Waals surface area contributed by atoms with Gasteiger partial charge in [0.15, 0.2) is 0 Å². The number of hydrogen-bond donors (Lipinski definition) is 2. The molecule has 2 N–H and O–H groups in total. The summed E-state index contributed by atoms with van der Waals surface area (Å²) >= 11 is 11.8. The molecular weight excluding hydrogens is 337 g/mol. The van der Waals surface area contributed by atoms with Gasteiger partial charge < -0.3 is 10.6 Å². The molecule has 0 radical (unpaired) electrons. The molecule has 0 bridgehead atoms. The predicted octanol–water partition coefficient (Wildman–Crippen LogP) is 3.34. The van der Waals surface area contributed by atoms with Crippen LogP contribution in [0.3, 0.4) is 0 Å². The number of rotatable bonds is 5. The van der Waals surface area contributed by atoms with E-state index < -0.39 is 10.9 Å². The molecule has 23 heavy (non-hydrogen) atoms. The fourth-order valence-electron chi connectivity index (χ4n) is 2.08. The minimum Gasteiger partial charge on any atom is -0.374 e. The summed E-state index contributed by atoms with van der Waals surface area (Å²) in [4.78, 5) is 27.6. The molecule has 0 aliphatic heterocycles. The molecule has 0 aliphatic carbocycles. The van der Waals surface area contributed by atoms with Crippen molar-refractivity contribution < 1.29 is 0 Å². The first-order valence-corrected chi connectivity index (χ1v) is 7.51. The zero-order valence-corrected chi connectivity index (χ0v) is 13.3. The Labute approximate surface area is 141 Å². The zero-order chi connectivity index (χ0) is 16.4. The second-order valence-electron chi connectivity index (χ2n) is 4.84. The molecule has 7 heteroatoms. The maximum atomic E-state index is 11.8. The first kappa shape index (κ1) is 15.5. The summed E-state index contributed by atoms with van der Waals surface area (Å²) in [6.45, 7) is 0.349. The SMILES string of the molecule is O=c1c(NCc2ccccn2)c(Nc2ccc(Cl)c(Cl)c2)c1=O. The van der Waals surface area contributed by atoms with E-state index in [1.54, 1.807) is 30.5 Å². The van der Waals surface area contributed by atoms with Crippen LogP contribution in [0, 0.1) is 0 Å². The summed E-state index contributed by atoms with van der Waals surface area (Å²) in [5, 5.41) is 6.61. The van der Waals surface area contributed by atoms with Gasteiger partial charge in [0.2, 0.25) is 0 Å². The van der Waals surface area contributed by atoms with E-state index in [2.05, 4.69) is 15.6 Å². The van der Waals surface area contributed by atoms with Gasteiger partial charge in [0.25, 0.3) is 10.9 Å². The molecule has 0 saturated carbocycles. The molecule has 0 unspecified atom stereocenters. The van der Waals surface area contributed by atoms with Crippen LogP contribution in [0.2, 0.25) is 10.0 Å². The van der Waals surface area contributed by atoms with Crippen molar-refractivity contribution in [3.05, 3.63) is 78.8 Å². The molecule has 116 valence electrons. The maximum absolute atomic E-state index is 11.8. The average molecular weight is 348 g/mol. The molecule has 0 aliphatic rings. The van der Waals surface area contributed by atoms with Gasteiger partial charge in [0.05, 0.1) is 22.3 Å². The van der Waals surface area contributed by atoms with Gasteiger partial charge in [-0.2, -0.15) is 0 Å². The molecule has 0 amide bonds. The number of benzene rings is 1. The van der Waals surface area contributed by atoms with Crippen LogP contribution >= 0.6 is 23.2 Å². The molecular formula is C16H11Cl2N3O2. The normalized spacial score (nSPS) is 10.7. The number of nitrogens with one attached hydrogen (secondary N) is 2. The van der Waals surface area contributed by atoms with Gasteiger partial charge in [0, 0.05) is 11.9 Å². The lowest BCUT2D eigenvalue weighted by atomic mass is 10.1. The van der Waals surface area contributed by atoms with Gasteiger partial charge in [-0.25, -0.2) is 0 Å². The van der Waals surface area contributed by atoms with Crippen LogP contribution < -0.4 is 21.5 Å². The highest BCUT2D eigenvalue weighted by atomic mass is 35.5. The summed E-state index contributed by atoms with van der Waals surface area (Å²) < 4.78 is 0. The number of aromatic nitrogens is 1. The lowest BCUT2D eigenvalue weighted by molar-refractivity contribution is 1.04. The van der Waals surface area contributed by atoms with E-state index in [1.807, 2.05) is 12.1 Å². The first-order chi connectivity index (χ1) is 11.1. The Hall–Kier alpha value is -2.37. The van der Waals surface area contributed by atoms with Crippen molar-refractivity contribution in [3.8, 4) is 0 Å². The molecule has 1 heterocycles. The number of anilines is 3. The van der Waals surface area contributed by atoms with Crippen molar-refractivity contribution in [2.24, 2.45) is 0 Å². The maximum Gasteiger partial charge on any atom is 0.253 e. The molecule has 0 atom stereocenters. The van der Waals surface area contributed by atoms with Gasteiger partial charge in [0.1, 0.15) is 11.4 Å². The molecule has 0 spiro atoms. The van der Waals surface area contributed by atoms with Crippen LogP contribution in [0.25, 0.3) is 0 Å². The Morgan fingerprint density at radius 3 is 2.43 bits per heavy atom. The van der Waals surface area contributed by atoms with Crippen LogP contribution in [0.4, 0.5) is 17.1 Å². The second kappa shape index (κ2) is 6.40. The third-order valence-corrected chi connectivity index (χ3v) is 4.01. The van der Waals surface area contributed by atoms with Gasteiger partial charge in [-0.3, -0.25) is 14.6 Å². The molecule has 0 fully saturated rings. The lowest BCUT2D eigenvalue weighted by Gasteiger charge is -2.15. The minimum atomic E-state index is -0.570. The highest BCUT2D eigenvalue weighted by molar-refractivity contribution is 6.42. The van der Waals surface area contributed by atoms with E-state index >= 15 is 0 Å². The summed E-state index contributed by atoms with van der Waals surface area (Å²) in [6.07, 6.45) is 1.66. The van der Waals surface area contributed by atoms with E-state index in [4.69, 9.17) is 23.2 Å². The van der Waals surface area contributed by atoms with Crippen LogP contribution in [-0.2, 0) is 6.54 Å². The summed E-state index contributed by atoms with van der Waals surface area (Å²) in [7, 11) is 0. The molecule has 0 saturated heterocycles. The monoisotopic (exact) mass is 347 g/mol. The first-order valence-electron chi connectivity index (χ1n) is 6.75. The number of hydrogen-bond acceptors (Lipinski definition) is 5. The standard InChI is InChI=1S/C16H11Cl2N3O2/c17-11-5-4-9(7-12(11)18)21-14-13(15(22)16(14)23)20-8-10-3-1-2-6-19-10/h1-7,20-21H,8H2. The topological polar surface area (TPSA) is 71.1 Å². The third kappa shape index (κ3) is 3.21. The minimum absolute atomic E-state index is 0.212. The second-order valence-corrected chi connectivity index (χ2v) is 5.65. The lowest BCUT2D eigenvalue weighted by Crippen LogP contribution is -2.36. The Morgan fingerprint density at radius 2 is 1.74 bits per heavy atom. The van der Waals surface area contributed by atoms with E-state index in [9.17, 15) is 9.59 Å². The number of pyridine rings is 1. The largest absolute Gasteiger partial charge is 0.374 e. The summed E-state index contributed by atoms with van der Waals surface area (Å²) in [5.74, 6) is 0. The van der Waals surface area contributed by atoms with Gasteiger partial charge in [-0.05, 0) is 30.3 Å². The van der Waals surface area contributed by atoms with Crippen LogP contribution in [-0.4, -0.2) is 4.98 Å².